The van der Waals surface area contributed by atoms with Crippen LogP contribution in [0.3, 0.4) is 0 Å². The van der Waals surface area contributed by atoms with E-state index in [9.17, 15) is 14.4 Å². The van der Waals surface area contributed by atoms with Crippen LogP contribution in [0.2, 0.25) is 0 Å². The zero-order valence-corrected chi connectivity index (χ0v) is 40.0. The first-order valence-corrected chi connectivity index (χ1v) is 24.5. The average molecular weight is 925 g/mol. The van der Waals surface area contributed by atoms with Crippen molar-refractivity contribution >= 4 is 28.5 Å². The van der Waals surface area contributed by atoms with Crippen LogP contribution in [-0.2, 0) is 17.9 Å². The Balaban J connectivity index is 0.000000223. The molecule has 366 valence electrons. The predicted octanol–water partition coefficient (Wildman–Crippen LogP) is 2.16. The van der Waals surface area contributed by atoms with E-state index in [1.807, 2.05) is 18.2 Å². The summed E-state index contributed by atoms with van der Waals surface area (Å²) in [6.45, 7) is 20.9. The number of amides is 2. The fourth-order valence-electron chi connectivity index (χ4n) is 8.63. The van der Waals surface area contributed by atoms with Gasteiger partial charge in [0.15, 0.2) is 0 Å². The smallest absolute Gasteiger partial charge is 0.295 e. The SMILES string of the molecule is COc1ncc(OC)c2c(C(=O)C(=O)N3CCN(C(=O)c4ccccc4)CC3)c[nH]c12.c1cc(CN2CCCNCCNCCCNCC2)ccc1CN1CCCNCCNCCCNCC1. The highest BCUT2D eigenvalue weighted by Crippen LogP contribution is 2.33. The number of carbonyl (C=O) groups excluding carboxylic acids is 3. The van der Waals surface area contributed by atoms with Gasteiger partial charge in [0, 0.05) is 103 Å². The van der Waals surface area contributed by atoms with Crippen LogP contribution < -0.4 is 41.4 Å². The summed E-state index contributed by atoms with van der Waals surface area (Å²) in [4.78, 5) is 54.0. The standard InChI is InChI=1S/C28H54N8.C22H22N4O5/c1-9-29-15-17-31-13-3-21-35(23-19-33-11-1)25-27-5-7-28(8-6-27)26-36-22-4-14-32-18-16-30-10-2-12-34-20-24-36;1-30-16-13-24-20(31-2)18-17(16)15(12-23-18)19(27)22(29)26-10-8-25(9-11-26)21(28)14-6-4-3-5-7-14/h5-8,29-34H,1-4,9-26H2;3-7,12-13,23H,8-11H2,1-2H3. The number of H-pyrrole nitrogens is 1. The Kier molecular flexibility index (Phi) is 22.3. The van der Waals surface area contributed by atoms with E-state index in [4.69, 9.17) is 9.47 Å². The van der Waals surface area contributed by atoms with Crippen LogP contribution in [0.1, 0.15) is 57.5 Å². The number of Topliss-reactive ketones (excluding diaryl/α,β-unsaturated/α-hetero) is 1. The molecule has 3 aliphatic heterocycles. The topological polar surface area (TPSA) is 183 Å². The summed E-state index contributed by atoms with van der Waals surface area (Å²) in [5.74, 6) is -0.687. The number of ketones is 1. The number of fused-ring (bicyclic) bond motifs is 1. The number of hydrogen-bond acceptors (Lipinski definition) is 14. The average Bonchev–Trinajstić information content (AvgIpc) is 3.82. The molecule has 3 aliphatic rings. The van der Waals surface area contributed by atoms with Crippen molar-refractivity contribution < 1.29 is 23.9 Å². The van der Waals surface area contributed by atoms with Gasteiger partial charge in [-0.3, -0.25) is 24.2 Å². The number of methoxy groups -OCH3 is 2. The number of rotatable bonds is 9. The first-order valence-electron chi connectivity index (χ1n) is 24.5. The second-order valence-electron chi connectivity index (χ2n) is 17.4. The summed E-state index contributed by atoms with van der Waals surface area (Å²) >= 11 is 0. The van der Waals surface area contributed by atoms with E-state index in [0.717, 1.165) is 118 Å². The first kappa shape index (κ1) is 51.4. The van der Waals surface area contributed by atoms with Gasteiger partial charge in [-0.25, -0.2) is 4.98 Å². The molecule has 3 fully saturated rings. The van der Waals surface area contributed by atoms with Crippen LogP contribution in [-0.4, -0.2) is 192 Å². The van der Waals surface area contributed by atoms with Gasteiger partial charge in [-0.1, -0.05) is 42.5 Å². The zero-order chi connectivity index (χ0) is 46.9. The van der Waals surface area contributed by atoms with E-state index in [1.54, 1.807) is 17.0 Å². The van der Waals surface area contributed by atoms with Gasteiger partial charge in [0.05, 0.1) is 31.4 Å². The van der Waals surface area contributed by atoms with E-state index in [1.165, 1.54) is 68.3 Å². The molecule has 0 unspecified atom stereocenters. The van der Waals surface area contributed by atoms with Crippen LogP contribution in [0.25, 0.3) is 10.9 Å². The lowest BCUT2D eigenvalue weighted by Gasteiger charge is -2.34. The van der Waals surface area contributed by atoms with Gasteiger partial charge in [0.2, 0.25) is 5.88 Å². The maximum absolute atomic E-state index is 13.0. The van der Waals surface area contributed by atoms with E-state index in [0.29, 0.717) is 41.2 Å². The third-order valence-corrected chi connectivity index (χ3v) is 12.4. The van der Waals surface area contributed by atoms with E-state index in [2.05, 4.69) is 75.9 Å². The van der Waals surface area contributed by atoms with Crippen LogP contribution in [0.15, 0.2) is 67.0 Å². The minimum Gasteiger partial charge on any atom is -0.494 e. The van der Waals surface area contributed by atoms with Gasteiger partial charge in [0.25, 0.3) is 17.6 Å². The second-order valence-corrected chi connectivity index (χ2v) is 17.4. The summed E-state index contributed by atoms with van der Waals surface area (Å²) in [5.41, 5.74) is 4.14. The predicted molar refractivity (Wildman–Crippen MR) is 265 cm³/mol. The molecular weight excluding hydrogens is 849 g/mol. The number of aromatic amines is 1. The number of pyridine rings is 1. The lowest BCUT2D eigenvalue weighted by molar-refractivity contribution is -0.127. The van der Waals surface area contributed by atoms with Gasteiger partial charge < -0.3 is 56.2 Å². The van der Waals surface area contributed by atoms with Crippen molar-refractivity contribution in [1.82, 2.24) is 61.5 Å². The van der Waals surface area contributed by atoms with Crippen molar-refractivity contribution in [3.63, 3.8) is 0 Å². The van der Waals surface area contributed by atoms with Crippen molar-refractivity contribution in [2.75, 3.05) is 145 Å². The fourth-order valence-corrected chi connectivity index (χ4v) is 8.63. The second kappa shape index (κ2) is 29.0. The molecule has 0 radical (unpaired) electrons. The van der Waals surface area contributed by atoms with Crippen LogP contribution >= 0.6 is 0 Å². The molecule has 7 N–H and O–H groups in total. The number of ether oxygens (including phenoxy) is 2. The molecule has 0 atom stereocenters. The van der Waals surface area contributed by atoms with Crippen molar-refractivity contribution in [3.8, 4) is 11.6 Å². The third-order valence-electron chi connectivity index (χ3n) is 12.4. The Morgan fingerprint density at radius 2 is 1.04 bits per heavy atom. The summed E-state index contributed by atoms with van der Waals surface area (Å²) in [6.07, 6.45) is 7.71. The Bertz CT molecular complexity index is 1980. The fraction of sp³-hybridized carbons (Fsp3) is 0.560. The number of benzene rings is 2. The first-order chi connectivity index (χ1) is 32.9. The highest BCUT2D eigenvalue weighted by molar-refractivity contribution is 6.45. The molecule has 0 bridgehead atoms. The van der Waals surface area contributed by atoms with E-state index >= 15 is 0 Å². The maximum atomic E-state index is 13.0. The largest absolute Gasteiger partial charge is 0.494 e. The number of carbonyl (C=O) groups is 3. The third kappa shape index (κ3) is 16.6. The van der Waals surface area contributed by atoms with Crippen molar-refractivity contribution in [3.05, 3.63) is 89.2 Å². The number of aromatic nitrogens is 2. The van der Waals surface area contributed by atoms with Gasteiger partial charge in [-0.05, 0) is 101 Å². The number of hydrogen-bond donors (Lipinski definition) is 7. The molecule has 2 aromatic carbocycles. The molecule has 2 amide bonds. The minimum absolute atomic E-state index is 0.0833. The zero-order valence-electron chi connectivity index (χ0n) is 40.0. The van der Waals surface area contributed by atoms with Crippen LogP contribution in [0.5, 0.6) is 11.6 Å². The monoisotopic (exact) mass is 925 g/mol. The summed E-state index contributed by atoms with van der Waals surface area (Å²) in [7, 11) is 2.94. The molecule has 17 nitrogen and oxygen atoms in total. The number of nitrogens with zero attached hydrogens (tertiary/aromatic N) is 5. The molecule has 67 heavy (non-hydrogen) atoms. The normalized spacial score (nSPS) is 18.7. The maximum Gasteiger partial charge on any atom is 0.295 e. The Hall–Kier alpha value is -4.98. The number of nitrogens with one attached hydrogen (secondary N) is 7. The Labute approximate surface area is 397 Å². The van der Waals surface area contributed by atoms with Crippen LogP contribution in [0.4, 0.5) is 0 Å². The van der Waals surface area contributed by atoms with Crippen LogP contribution in [0, 0.1) is 0 Å². The molecule has 3 saturated heterocycles. The van der Waals surface area contributed by atoms with E-state index in [-0.39, 0.29) is 24.6 Å². The minimum atomic E-state index is -0.652. The molecule has 0 spiro atoms. The van der Waals surface area contributed by atoms with Gasteiger partial charge in [-0.15, -0.1) is 0 Å². The molecule has 17 heteroatoms. The summed E-state index contributed by atoms with van der Waals surface area (Å²) < 4.78 is 10.5. The van der Waals surface area contributed by atoms with Gasteiger partial charge in [-0.2, -0.15) is 0 Å². The molecule has 7 rings (SSSR count). The van der Waals surface area contributed by atoms with Gasteiger partial charge in [0.1, 0.15) is 11.3 Å². The highest BCUT2D eigenvalue weighted by Gasteiger charge is 2.31. The molecule has 5 heterocycles. The lowest BCUT2D eigenvalue weighted by atomic mass is 10.1. The highest BCUT2D eigenvalue weighted by atomic mass is 16.5. The molecule has 2 aromatic heterocycles. The lowest BCUT2D eigenvalue weighted by Crippen LogP contribution is -2.52. The van der Waals surface area contributed by atoms with E-state index < -0.39 is 11.7 Å². The Morgan fingerprint density at radius 1 is 0.552 bits per heavy atom. The number of piperazine rings is 1. The quantitative estimate of drug-likeness (QED) is 0.0959. The van der Waals surface area contributed by atoms with Crippen molar-refractivity contribution in [1.29, 1.82) is 0 Å². The molecule has 0 aliphatic carbocycles. The molecular formula is C50H76N12O5. The van der Waals surface area contributed by atoms with Gasteiger partial charge >= 0.3 is 0 Å². The Morgan fingerprint density at radius 3 is 1.55 bits per heavy atom. The summed E-state index contributed by atoms with van der Waals surface area (Å²) in [5, 5.41) is 21.9. The molecule has 4 aromatic rings. The van der Waals surface area contributed by atoms with Crippen molar-refractivity contribution in [2.24, 2.45) is 0 Å². The summed E-state index contributed by atoms with van der Waals surface area (Å²) in [6, 6.07) is 18.4. The molecule has 0 saturated carbocycles. The van der Waals surface area contributed by atoms with Crippen molar-refractivity contribution in [2.45, 2.75) is 38.8 Å².